The van der Waals surface area contributed by atoms with Crippen molar-refractivity contribution in [3.63, 3.8) is 0 Å². The Kier molecular flexibility index (Phi) is 5.58. The summed E-state index contributed by atoms with van der Waals surface area (Å²) in [5, 5.41) is 13.7. The molecular formula is C17H28N2O. The molecule has 1 unspecified atom stereocenters. The van der Waals surface area contributed by atoms with Crippen molar-refractivity contribution in [1.82, 2.24) is 10.2 Å². The highest BCUT2D eigenvalue weighted by atomic mass is 16.3. The fourth-order valence-corrected chi connectivity index (χ4v) is 2.95. The van der Waals surface area contributed by atoms with Crippen molar-refractivity contribution in [3.8, 4) is 0 Å². The topological polar surface area (TPSA) is 35.5 Å². The lowest BCUT2D eigenvalue weighted by atomic mass is 9.86. The number of rotatable bonds is 8. The van der Waals surface area contributed by atoms with Crippen molar-refractivity contribution >= 4 is 0 Å². The van der Waals surface area contributed by atoms with Crippen LogP contribution >= 0.6 is 0 Å². The summed E-state index contributed by atoms with van der Waals surface area (Å²) in [6.07, 6.45) is 5.00. The van der Waals surface area contributed by atoms with E-state index in [0.717, 1.165) is 19.5 Å². The summed E-state index contributed by atoms with van der Waals surface area (Å²) in [5.41, 5.74) is 0.837. The van der Waals surface area contributed by atoms with E-state index in [1.54, 1.807) is 0 Å². The van der Waals surface area contributed by atoms with Crippen LogP contribution in [0, 0.1) is 0 Å². The summed E-state index contributed by atoms with van der Waals surface area (Å²) in [6.45, 7) is 4.08. The molecule has 112 valence electrons. The van der Waals surface area contributed by atoms with Gasteiger partial charge in [-0.25, -0.2) is 0 Å². The smallest absolute Gasteiger partial charge is 0.0797 e. The zero-order valence-electron chi connectivity index (χ0n) is 12.8. The van der Waals surface area contributed by atoms with Crippen LogP contribution in [0.5, 0.6) is 0 Å². The minimum absolute atomic E-state index is 0.133. The molecular weight excluding hydrogens is 248 g/mol. The lowest BCUT2D eigenvalue weighted by Gasteiger charge is -2.42. The average molecular weight is 276 g/mol. The van der Waals surface area contributed by atoms with E-state index in [9.17, 15) is 5.11 Å². The second-order valence-corrected chi connectivity index (χ2v) is 6.03. The summed E-state index contributed by atoms with van der Waals surface area (Å²) < 4.78 is 0. The van der Waals surface area contributed by atoms with Crippen molar-refractivity contribution < 1.29 is 5.11 Å². The molecule has 2 N–H and O–H groups in total. The van der Waals surface area contributed by atoms with Crippen molar-refractivity contribution in [2.75, 3.05) is 26.7 Å². The van der Waals surface area contributed by atoms with Gasteiger partial charge in [0.1, 0.15) is 0 Å². The summed E-state index contributed by atoms with van der Waals surface area (Å²) in [7, 11) is 2.19. The molecule has 0 aromatic heterocycles. The Labute approximate surface area is 123 Å². The third-order valence-electron chi connectivity index (χ3n) is 4.53. The van der Waals surface area contributed by atoms with Crippen LogP contribution in [0.25, 0.3) is 0 Å². The Hall–Kier alpha value is -0.900. The van der Waals surface area contributed by atoms with Crippen molar-refractivity contribution in [2.24, 2.45) is 0 Å². The number of nitrogens with one attached hydrogen (secondary N) is 1. The van der Waals surface area contributed by atoms with E-state index in [1.165, 1.54) is 24.8 Å². The molecule has 1 aromatic carbocycles. The van der Waals surface area contributed by atoms with Crippen molar-refractivity contribution in [2.45, 2.75) is 44.2 Å². The molecule has 0 aliphatic heterocycles. The maximum Gasteiger partial charge on any atom is 0.0797 e. The van der Waals surface area contributed by atoms with Gasteiger partial charge in [-0.15, -0.1) is 0 Å². The maximum atomic E-state index is 10.1. The largest absolute Gasteiger partial charge is 0.394 e. The lowest BCUT2D eigenvalue weighted by Crippen LogP contribution is -2.55. The Morgan fingerprint density at radius 1 is 1.30 bits per heavy atom. The highest BCUT2D eigenvalue weighted by Gasteiger charge is 2.35. The normalized spacial score (nSPS) is 18.8. The Morgan fingerprint density at radius 3 is 2.50 bits per heavy atom. The van der Waals surface area contributed by atoms with Gasteiger partial charge < -0.3 is 15.3 Å². The first-order valence-corrected chi connectivity index (χ1v) is 7.83. The predicted molar refractivity (Wildman–Crippen MR) is 83.8 cm³/mol. The zero-order chi connectivity index (χ0) is 14.4. The van der Waals surface area contributed by atoms with Gasteiger partial charge in [-0.05, 0) is 38.4 Å². The van der Waals surface area contributed by atoms with Crippen LogP contribution in [0.1, 0.15) is 38.2 Å². The second-order valence-electron chi connectivity index (χ2n) is 6.03. The quantitative estimate of drug-likeness (QED) is 0.765. The van der Waals surface area contributed by atoms with Gasteiger partial charge in [0.15, 0.2) is 0 Å². The van der Waals surface area contributed by atoms with Crippen molar-refractivity contribution in [1.29, 1.82) is 0 Å². The first-order chi connectivity index (χ1) is 9.72. The summed E-state index contributed by atoms with van der Waals surface area (Å²) in [6, 6.07) is 11.1. The zero-order valence-corrected chi connectivity index (χ0v) is 12.8. The molecule has 3 heteroatoms. The van der Waals surface area contributed by atoms with Crippen LogP contribution in [0.3, 0.4) is 0 Å². The SMILES string of the molecule is CCCNC(CO)(CN(C)C1CCC1)c1ccccc1. The molecule has 1 saturated carbocycles. The third kappa shape index (κ3) is 3.40. The van der Waals surface area contributed by atoms with Gasteiger partial charge in [0, 0.05) is 12.6 Å². The highest BCUT2D eigenvalue weighted by molar-refractivity contribution is 5.25. The molecule has 0 saturated heterocycles. The van der Waals surface area contributed by atoms with Crippen LogP contribution in [-0.4, -0.2) is 42.8 Å². The lowest BCUT2D eigenvalue weighted by molar-refractivity contribution is 0.0741. The Balaban J connectivity index is 2.17. The fraction of sp³-hybridized carbons (Fsp3) is 0.647. The molecule has 2 rings (SSSR count). The molecule has 1 fully saturated rings. The van der Waals surface area contributed by atoms with Crippen LogP contribution in [0.4, 0.5) is 0 Å². The first kappa shape index (κ1) is 15.5. The van der Waals surface area contributed by atoms with Crippen LogP contribution in [0.2, 0.25) is 0 Å². The molecule has 20 heavy (non-hydrogen) atoms. The van der Waals surface area contributed by atoms with E-state index in [2.05, 4.69) is 48.5 Å². The van der Waals surface area contributed by atoms with Gasteiger partial charge in [-0.2, -0.15) is 0 Å². The van der Waals surface area contributed by atoms with E-state index < -0.39 is 0 Å². The van der Waals surface area contributed by atoms with Crippen LogP contribution < -0.4 is 5.32 Å². The molecule has 1 aliphatic carbocycles. The summed E-state index contributed by atoms with van der Waals surface area (Å²) >= 11 is 0. The van der Waals surface area contributed by atoms with Gasteiger partial charge in [-0.1, -0.05) is 43.7 Å². The number of hydrogen-bond donors (Lipinski definition) is 2. The maximum absolute atomic E-state index is 10.1. The molecule has 1 aromatic rings. The Bertz CT molecular complexity index is 391. The van der Waals surface area contributed by atoms with E-state index in [0.29, 0.717) is 6.04 Å². The van der Waals surface area contributed by atoms with Crippen LogP contribution in [0.15, 0.2) is 30.3 Å². The van der Waals surface area contributed by atoms with E-state index in [1.807, 2.05) is 6.07 Å². The fourth-order valence-electron chi connectivity index (χ4n) is 2.95. The molecule has 0 heterocycles. The average Bonchev–Trinajstić information content (AvgIpc) is 2.42. The molecule has 0 radical (unpaired) electrons. The third-order valence-corrected chi connectivity index (χ3v) is 4.53. The first-order valence-electron chi connectivity index (χ1n) is 7.83. The number of hydrogen-bond acceptors (Lipinski definition) is 3. The number of nitrogens with zero attached hydrogens (tertiary/aromatic N) is 1. The summed E-state index contributed by atoms with van der Waals surface area (Å²) in [4.78, 5) is 2.41. The standard InChI is InChI=1S/C17H28N2O/c1-3-12-18-17(14-20,15-8-5-4-6-9-15)13-19(2)16-10-7-11-16/h4-6,8-9,16,18,20H,3,7,10-14H2,1-2H3. The monoisotopic (exact) mass is 276 g/mol. The minimum atomic E-state index is -0.346. The molecule has 1 atom stereocenters. The van der Waals surface area contributed by atoms with Crippen molar-refractivity contribution in [3.05, 3.63) is 35.9 Å². The van der Waals surface area contributed by atoms with Gasteiger partial charge >= 0.3 is 0 Å². The van der Waals surface area contributed by atoms with Gasteiger partial charge in [0.25, 0.3) is 0 Å². The Morgan fingerprint density at radius 2 is 2.00 bits per heavy atom. The number of likely N-dealkylation sites (N-methyl/N-ethyl adjacent to an activating group) is 1. The molecule has 3 nitrogen and oxygen atoms in total. The second kappa shape index (κ2) is 7.21. The summed E-state index contributed by atoms with van der Waals surface area (Å²) in [5.74, 6) is 0. The van der Waals surface area contributed by atoms with Gasteiger partial charge in [-0.3, -0.25) is 0 Å². The minimum Gasteiger partial charge on any atom is -0.394 e. The van der Waals surface area contributed by atoms with E-state index in [4.69, 9.17) is 0 Å². The van der Waals surface area contributed by atoms with E-state index >= 15 is 0 Å². The number of aliphatic hydroxyl groups excluding tert-OH is 1. The highest BCUT2D eigenvalue weighted by Crippen LogP contribution is 2.28. The van der Waals surface area contributed by atoms with E-state index in [-0.39, 0.29) is 12.1 Å². The number of aliphatic hydroxyl groups is 1. The molecule has 0 amide bonds. The predicted octanol–water partition coefficient (Wildman–Crippen LogP) is 2.36. The van der Waals surface area contributed by atoms with Gasteiger partial charge in [0.05, 0.1) is 12.1 Å². The molecule has 0 bridgehead atoms. The van der Waals surface area contributed by atoms with Crippen LogP contribution in [-0.2, 0) is 5.54 Å². The van der Waals surface area contributed by atoms with Gasteiger partial charge in [0.2, 0.25) is 0 Å². The molecule has 0 spiro atoms. The number of benzene rings is 1. The molecule has 1 aliphatic rings.